The average Bonchev–Trinajstić information content (AvgIpc) is 2.82. The standard InChI is InChI=1S/C17H30N2O.ClH/c1-14(2)12-17(4-3-5-17)15(20)19-10-7-16(8-11-19)6-9-18-13-16;/h14,18H,3-13H2,1-2H3;1H. The Hall–Kier alpha value is -0.280. The SMILES string of the molecule is CC(C)CC1(C(=O)N2CCC3(CCNC3)CC2)CCC1.Cl. The first-order valence-electron chi connectivity index (χ1n) is 8.56. The number of hydrogen-bond donors (Lipinski definition) is 1. The number of nitrogens with one attached hydrogen (secondary N) is 1. The molecule has 1 amide bonds. The van der Waals surface area contributed by atoms with Crippen molar-refractivity contribution >= 4 is 18.3 Å². The lowest BCUT2D eigenvalue weighted by molar-refractivity contribution is -0.151. The van der Waals surface area contributed by atoms with Gasteiger partial charge in [0.1, 0.15) is 0 Å². The number of piperidine rings is 1. The largest absolute Gasteiger partial charge is 0.342 e. The predicted molar refractivity (Wildman–Crippen MR) is 88.7 cm³/mol. The summed E-state index contributed by atoms with van der Waals surface area (Å²) in [5.74, 6) is 1.12. The minimum atomic E-state index is 0. The Morgan fingerprint density at radius 2 is 1.81 bits per heavy atom. The third-order valence-corrected chi connectivity index (χ3v) is 6.01. The molecule has 3 rings (SSSR count). The van der Waals surface area contributed by atoms with Crippen molar-refractivity contribution in [2.45, 2.75) is 58.8 Å². The fourth-order valence-electron chi connectivity index (χ4n) is 4.63. The van der Waals surface area contributed by atoms with Gasteiger partial charge in [0.2, 0.25) is 5.91 Å². The zero-order valence-electron chi connectivity index (χ0n) is 13.6. The molecule has 3 fully saturated rings. The van der Waals surface area contributed by atoms with Crippen molar-refractivity contribution in [3.63, 3.8) is 0 Å². The molecule has 0 bridgehead atoms. The number of nitrogens with zero attached hydrogens (tertiary/aromatic N) is 1. The Labute approximate surface area is 135 Å². The van der Waals surface area contributed by atoms with E-state index in [4.69, 9.17) is 0 Å². The normalized spacial score (nSPS) is 26.5. The van der Waals surface area contributed by atoms with E-state index < -0.39 is 0 Å². The zero-order valence-corrected chi connectivity index (χ0v) is 14.4. The van der Waals surface area contributed by atoms with Crippen molar-refractivity contribution < 1.29 is 4.79 Å². The van der Waals surface area contributed by atoms with Gasteiger partial charge in [-0.25, -0.2) is 0 Å². The Morgan fingerprint density at radius 3 is 2.24 bits per heavy atom. The highest BCUT2D eigenvalue weighted by Crippen LogP contribution is 2.48. The Balaban J connectivity index is 0.00000161. The number of amides is 1. The maximum absolute atomic E-state index is 13.0. The summed E-state index contributed by atoms with van der Waals surface area (Å²) in [6, 6.07) is 0. The summed E-state index contributed by atoms with van der Waals surface area (Å²) < 4.78 is 0. The number of likely N-dealkylation sites (tertiary alicyclic amines) is 1. The summed E-state index contributed by atoms with van der Waals surface area (Å²) in [5, 5.41) is 3.50. The van der Waals surface area contributed by atoms with Crippen LogP contribution < -0.4 is 5.32 Å². The number of carbonyl (C=O) groups is 1. The second-order valence-corrected chi connectivity index (χ2v) is 7.95. The van der Waals surface area contributed by atoms with Gasteiger partial charge in [-0.3, -0.25) is 4.79 Å². The van der Waals surface area contributed by atoms with E-state index in [1.165, 1.54) is 38.8 Å². The van der Waals surface area contributed by atoms with Crippen LogP contribution in [0.5, 0.6) is 0 Å². The van der Waals surface area contributed by atoms with Crippen LogP contribution in [0, 0.1) is 16.7 Å². The number of rotatable bonds is 3. The second-order valence-electron chi connectivity index (χ2n) is 7.95. The number of halogens is 1. The van der Waals surface area contributed by atoms with E-state index in [9.17, 15) is 4.79 Å². The summed E-state index contributed by atoms with van der Waals surface area (Å²) in [6.45, 7) is 8.85. The topological polar surface area (TPSA) is 32.3 Å². The lowest BCUT2D eigenvalue weighted by atomic mass is 9.63. The van der Waals surface area contributed by atoms with E-state index in [1.54, 1.807) is 0 Å². The third kappa shape index (κ3) is 3.24. The van der Waals surface area contributed by atoms with E-state index >= 15 is 0 Å². The van der Waals surface area contributed by atoms with Crippen LogP contribution in [-0.2, 0) is 4.79 Å². The van der Waals surface area contributed by atoms with Gasteiger partial charge in [-0.05, 0) is 56.4 Å². The molecule has 0 atom stereocenters. The summed E-state index contributed by atoms with van der Waals surface area (Å²) in [7, 11) is 0. The van der Waals surface area contributed by atoms with Crippen molar-refractivity contribution in [3.8, 4) is 0 Å². The van der Waals surface area contributed by atoms with Crippen LogP contribution in [0.15, 0.2) is 0 Å². The molecule has 122 valence electrons. The summed E-state index contributed by atoms with van der Waals surface area (Å²) in [6.07, 6.45) is 8.34. The molecule has 1 saturated carbocycles. The lowest BCUT2D eigenvalue weighted by Crippen LogP contribution is -2.52. The van der Waals surface area contributed by atoms with Gasteiger partial charge < -0.3 is 10.2 Å². The molecule has 2 saturated heterocycles. The summed E-state index contributed by atoms with van der Waals surface area (Å²) >= 11 is 0. The predicted octanol–water partition coefficient (Wildman–Crippen LogP) is 3.23. The first-order chi connectivity index (χ1) is 9.55. The molecule has 1 spiro atoms. The van der Waals surface area contributed by atoms with Gasteiger partial charge in [-0.2, -0.15) is 0 Å². The smallest absolute Gasteiger partial charge is 0.228 e. The highest BCUT2D eigenvalue weighted by Gasteiger charge is 2.48. The van der Waals surface area contributed by atoms with Gasteiger partial charge in [0.15, 0.2) is 0 Å². The Kier molecular flexibility index (Phi) is 5.25. The molecule has 4 heteroatoms. The first kappa shape index (κ1) is 17.1. The van der Waals surface area contributed by atoms with Crippen LogP contribution in [0.3, 0.4) is 0 Å². The molecule has 21 heavy (non-hydrogen) atoms. The maximum atomic E-state index is 13.0. The molecule has 0 radical (unpaired) electrons. The Bertz CT molecular complexity index is 363. The van der Waals surface area contributed by atoms with E-state index in [-0.39, 0.29) is 17.8 Å². The zero-order chi connectivity index (χ0) is 14.2. The molecule has 0 aromatic carbocycles. The monoisotopic (exact) mass is 314 g/mol. The molecule has 3 nitrogen and oxygen atoms in total. The van der Waals surface area contributed by atoms with Crippen LogP contribution >= 0.6 is 12.4 Å². The van der Waals surface area contributed by atoms with E-state index in [0.29, 0.717) is 17.2 Å². The molecule has 2 heterocycles. The van der Waals surface area contributed by atoms with Crippen molar-refractivity contribution in [1.82, 2.24) is 10.2 Å². The molecular weight excluding hydrogens is 284 g/mol. The van der Waals surface area contributed by atoms with Crippen molar-refractivity contribution in [3.05, 3.63) is 0 Å². The Morgan fingerprint density at radius 1 is 1.14 bits per heavy atom. The molecule has 0 unspecified atom stereocenters. The molecule has 0 aromatic rings. The van der Waals surface area contributed by atoms with Gasteiger partial charge in [-0.15, -0.1) is 12.4 Å². The first-order valence-corrected chi connectivity index (χ1v) is 8.56. The minimum Gasteiger partial charge on any atom is -0.342 e. The van der Waals surface area contributed by atoms with Crippen LogP contribution in [0.25, 0.3) is 0 Å². The molecule has 1 aliphatic carbocycles. The molecule has 1 N–H and O–H groups in total. The summed E-state index contributed by atoms with van der Waals surface area (Å²) in [4.78, 5) is 15.2. The van der Waals surface area contributed by atoms with Crippen LogP contribution in [0.4, 0.5) is 0 Å². The van der Waals surface area contributed by atoms with Gasteiger partial charge in [0.05, 0.1) is 0 Å². The molecule has 2 aliphatic heterocycles. The number of carbonyl (C=O) groups excluding carboxylic acids is 1. The van der Waals surface area contributed by atoms with Crippen LogP contribution in [-0.4, -0.2) is 37.0 Å². The van der Waals surface area contributed by atoms with Crippen LogP contribution in [0.2, 0.25) is 0 Å². The van der Waals surface area contributed by atoms with Gasteiger partial charge in [0, 0.05) is 25.0 Å². The fraction of sp³-hybridized carbons (Fsp3) is 0.941. The van der Waals surface area contributed by atoms with Gasteiger partial charge in [0.25, 0.3) is 0 Å². The maximum Gasteiger partial charge on any atom is 0.228 e. The molecular formula is C17H31ClN2O. The molecule has 3 aliphatic rings. The van der Waals surface area contributed by atoms with Crippen molar-refractivity contribution in [2.75, 3.05) is 26.2 Å². The minimum absolute atomic E-state index is 0. The highest BCUT2D eigenvalue weighted by molar-refractivity contribution is 5.85. The van der Waals surface area contributed by atoms with Gasteiger partial charge in [-0.1, -0.05) is 20.3 Å². The summed E-state index contributed by atoms with van der Waals surface area (Å²) in [5.41, 5.74) is 0.536. The van der Waals surface area contributed by atoms with Crippen molar-refractivity contribution in [1.29, 1.82) is 0 Å². The quantitative estimate of drug-likeness (QED) is 0.867. The van der Waals surface area contributed by atoms with Crippen LogP contribution in [0.1, 0.15) is 58.8 Å². The van der Waals surface area contributed by atoms with Crippen molar-refractivity contribution in [2.24, 2.45) is 16.7 Å². The fourth-order valence-corrected chi connectivity index (χ4v) is 4.63. The highest BCUT2D eigenvalue weighted by atomic mass is 35.5. The van der Waals surface area contributed by atoms with E-state index in [1.807, 2.05) is 0 Å². The van der Waals surface area contributed by atoms with E-state index in [0.717, 1.165) is 32.4 Å². The molecule has 0 aromatic heterocycles. The van der Waals surface area contributed by atoms with Gasteiger partial charge >= 0.3 is 0 Å². The second kappa shape index (κ2) is 6.45. The lowest BCUT2D eigenvalue weighted by Gasteiger charge is -2.47. The van der Waals surface area contributed by atoms with E-state index in [2.05, 4.69) is 24.1 Å². The third-order valence-electron chi connectivity index (χ3n) is 6.01. The number of hydrogen-bond acceptors (Lipinski definition) is 2. The average molecular weight is 315 g/mol.